The van der Waals surface area contributed by atoms with Crippen LogP contribution in [0.25, 0.3) is 10.9 Å². The first-order chi connectivity index (χ1) is 10.3. The van der Waals surface area contributed by atoms with Crippen LogP contribution in [-0.2, 0) is 12.8 Å². The fraction of sp³-hybridized carbons (Fsp3) is 0.294. The van der Waals surface area contributed by atoms with Crippen LogP contribution in [0.15, 0.2) is 36.5 Å². The van der Waals surface area contributed by atoms with Crippen LogP contribution in [-0.4, -0.2) is 11.5 Å². The highest BCUT2D eigenvalue weighted by Crippen LogP contribution is 2.39. The molecule has 21 heavy (non-hydrogen) atoms. The normalized spacial score (nSPS) is 17.5. The van der Waals surface area contributed by atoms with Crippen molar-refractivity contribution in [2.24, 2.45) is 0 Å². The lowest BCUT2D eigenvalue weighted by Gasteiger charge is -2.12. The minimum absolute atomic E-state index is 0.481. The third-order valence-corrected chi connectivity index (χ3v) is 5.65. The monoisotopic (exact) mass is 316 g/mol. The molecule has 2 N–H and O–H groups in total. The lowest BCUT2D eigenvalue weighted by molar-refractivity contribution is 0.534. The molecule has 3 aromatic rings. The zero-order valence-corrected chi connectivity index (χ0v) is 13.2. The van der Waals surface area contributed by atoms with E-state index in [4.69, 9.17) is 11.6 Å². The van der Waals surface area contributed by atoms with E-state index in [2.05, 4.69) is 46.8 Å². The molecule has 1 aromatic carbocycles. The molecule has 1 atom stereocenters. The third kappa shape index (κ3) is 2.50. The number of fused-ring (bicyclic) bond motifs is 2. The minimum Gasteiger partial charge on any atom is -0.361 e. The number of hydrogen-bond acceptors (Lipinski definition) is 2. The number of H-pyrrole nitrogens is 1. The van der Waals surface area contributed by atoms with Gasteiger partial charge in [0.2, 0.25) is 0 Å². The van der Waals surface area contributed by atoms with Crippen molar-refractivity contribution in [3.8, 4) is 0 Å². The summed E-state index contributed by atoms with van der Waals surface area (Å²) in [6.45, 7) is 0.999. The summed E-state index contributed by atoms with van der Waals surface area (Å²) in [6, 6.07) is 11.1. The summed E-state index contributed by atoms with van der Waals surface area (Å²) in [5.41, 5.74) is 4.03. The molecule has 2 aromatic heterocycles. The van der Waals surface area contributed by atoms with Crippen molar-refractivity contribution in [2.45, 2.75) is 25.3 Å². The first kappa shape index (κ1) is 13.4. The number of hydrogen-bond donors (Lipinski definition) is 2. The van der Waals surface area contributed by atoms with Crippen molar-refractivity contribution in [3.05, 3.63) is 56.9 Å². The number of aromatic nitrogens is 1. The molecule has 0 saturated heterocycles. The predicted molar refractivity (Wildman–Crippen MR) is 90.4 cm³/mol. The fourth-order valence-corrected chi connectivity index (χ4v) is 4.62. The van der Waals surface area contributed by atoms with E-state index in [9.17, 15) is 0 Å². The van der Waals surface area contributed by atoms with Crippen LogP contribution in [0.4, 0.5) is 0 Å². The number of aromatic amines is 1. The molecule has 0 radical (unpaired) electrons. The van der Waals surface area contributed by atoms with Gasteiger partial charge in [0, 0.05) is 28.0 Å². The maximum absolute atomic E-state index is 6.11. The van der Waals surface area contributed by atoms with E-state index in [1.807, 2.05) is 0 Å². The number of halogens is 1. The van der Waals surface area contributed by atoms with Crippen molar-refractivity contribution in [1.29, 1.82) is 0 Å². The van der Waals surface area contributed by atoms with Crippen molar-refractivity contribution in [3.63, 3.8) is 0 Å². The maximum atomic E-state index is 6.11. The molecule has 0 amide bonds. The van der Waals surface area contributed by atoms with Gasteiger partial charge in [-0.1, -0.05) is 29.8 Å². The van der Waals surface area contributed by atoms with Gasteiger partial charge in [0.25, 0.3) is 0 Å². The zero-order chi connectivity index (χ0) is 14.2. The Bertz CT molecular complexity index is 774. The van der Waals surface area contributed by atoms with Crippen LogP contribution in [0.5, 0.6) is 0 Å². The van der Waals surface area contributed by atoms with Gasteiger partial charge >= 0.3 is 0 Å². The minimum atomic E-state index is 0.481. The average molecular weight is 317 g/mol. The van der Waals surface area contributed by atoms with Gasteiger partial charge in [-0.05, 0) is 49.1 Å². The topological polar surface area (TPSA) is 27.8 Å². The van der Waals surface area contributed by atoms with Gasteiger partial charge < -0.3 is 10.3 Å². The SMILES string of the molecule is Clc1cc2c(s1)CCC2NCCc1c[nH]c2ccccc12. The molecule has 2 heterocycles. The van der Waals surface area contributed by atoms with Crippen LogP contribution in [0, 0.1) is 0 Å². The highest BCUT2D eigenvalue weighted by Gasteiger charge is 2.24. The summed E-state index contributed by atoms with van der Waals surface area (Å²) >= 11 is 7.84. The van der Waals surface area contributed by atoms with E-state index >= 15 is 0 Å². The van der Waals surface area contributed by atoms with Gasteiger partial charge in [0.05, 0.1) is 4.34 Å². The van der Waals surface area contributed by atoms with Gasteiger partial charge in [-0.25, -0.2) is 0 Å². The van der Waals surface area contributed by atoms with Crippen molar-refractivity contribution >= 4 is 33.8 Å². The Morgan fingerprint density at radius 3 is 3.19 bits per heavy atom. The molecule has 1 unspecified atom stereocenters. The molecule has 108 valence electrons. The van der Waals surface area contributed by atoms with E-state index in [0.29, 0.717) is 6.04 Å². The number of aryl methyl sites for hydroxylation is 1. The molecule has 0 fully saturated rings. The summed E-state index contributed by atoms with van der Waals surface area (Å²) in [5, 5.41) is 5.03. The number of para-hydroxylation sites is 1. The van der Waals surface area contributed by atoms with E-state index in [1.54, 1.807) is 11.3 Å². The summed E-state index contributed by atoms with van der Waals surface area (Å²) in [7, 11) is 0. The Labute approximate surface area is 133 Å². The molecule has 1 aliphatic rings. The number of nitrogens with one attached hydrogen (secondary N) is 2. The van der Waals surface area contributed by atoms with Crippen molar-refractivity contribution in [2.75, 3.05) is 6.54 Å². The van der Waals surface area contributed by atoms with Gasteiger partial charge in [0.1, 0.15) is 0 Å². The van der Waals surface area contributed by atoms with Crippen LogP contribution in [0.3, 0.4) is 0 Å². The predicted octanol–water partition coefficient (Wildman–Crippen LogP) is 4.70. The Morgan fingerprint density at radius 1 is 1.33 bits per heavy atom. The molecule has 4 rings (SSSR count). The van der Waals surface area contributed by atoms with E-state index in [0.717, 1.165) is 23.7 Å². The Morgan fingerprint density at radius 2 is 2.24 bits per heavy atom. The molecular weight excluding hydrogens is 300 g/mol. The standard InChI is InChI=1S/C17H17ClN2S/c18-17-9-13-15(5-6-16(13)21-17)19-8-7-11-10-20-14-4-2-1-3-12(11)14/h1-4,9-10,15,19-20H,5-8H2. The van der Waals surface area contributed by atoms with E-state index < -0.39 is 0 Å². The molecule has 0 saturated carbocycles. The zero-order valence-electron chi connectivity index (χ0n) is 11.7. The van der Waals surface area contributed by atoms with Gasteiger partial charge in [-0.2, -0.15) is 0 Å². The van der Waals surface area contributed by atoms with Gasteiger partial charge in [0.15, 0.2) is 0 Å². The largest absolute Gasteiger partial charge is 0.361 e. The van der Waals surface area contributed by atoms with Gasteiger partial charge in [-0.15, -0.1) is 11.3 Å². The number of rotatable bonds is 4. The molecule has 4 heteroatoms. The second-order valence-corrected chi connectivity index (χ2v) is 7.35. The summed E-state index contributed by atoms with van der Waals surface area (Å²) < 4.78 is 0.920. The first-order valence-electron chi connectivity index (χ1n) is 7.38. The maximum Gasteiger partial charge on any atom is 0.0934 e. The van der Waals surface area contributed by atoms with E-state index in [-0.39, 0.29) is 0 Å². The van der Waals surface area contributed by atoms with Crippen molar-refractivity contribution in [1.82, 2.24) is 10.3 Å². The fourth-order valence-electron chi connectivity index (χ4n) is 3.26. The molecule has 0 aliphatic heterocycles. The van der Waals surface area contributed by atoms with Crippen LogP contribution < -0.4 is 5.32 Å². The second kappa shape index (κ2) is 5.48. The van der Waals surface area contributed by atoms with Crippen molar-refractivity contribution < 1.29 is 0 Å². The molecule has 0 spiro atoms. The molecular formula is C17H17ClN2S. The molecule has 2 nitrogen and oxygen atoms in total. The van der Waals surface area contributed by atoms with E-state index in [1.165, 1.54) is 33.3 Å². The first-order valence-corrected chi connectivity index (χ1v) is 8.57. The average Bonchev–Trinajstić information content (AvgIpc) is 3.15. The second-order valence-electron chi connectivity index (χ2n) is 5.58. The Balaban J connectivity index is 1.42. The highest BCUT2D eigenvalue weighted by atomic mass is 35.5. The van der Waals surface area contributed by atoms with Gasteiger partial charge in [-0.3, -0.25) is 0 Å². The lowest BCUT2D eigenvalue weighted by atomic mass is 10.1. The number of thiophene rings is 1. The summed E-state index contributed by atoms with van der Waals surface area (Å²) in [5.74, 6) is 0. The Kier molecular flexibility index (Phi) is 3.49. The Hall–Kier alpha value is -1.29. The lowest BCUT2D eigenvalue weighted by Crippen LogP contribution is -2.21. The third-order valence-electron chi connectivity index (χ3n) is 4.31. The number of benzene rings is 1. The smallest absolute Gasteiger partial charge is 0.0934 e. The van der Waals surface area contributed by atoms with Crippen LogP contribution in [0.2, 0.25) is 4.34 Å². The van der Waals surface area contributed by atoms with Crippen LogP contribution >= 0.6 is 22.9 Å². The quantitative estimate of drug-likeness (QED) is 0.717. The summed E-state index contributed by atoms with van der Waals surface area (Å²) in [6.07, 6.45) is 5.55. The van der Waals surface area contributed by atoms with Crippen LogP contribution in [0.1, 0.15) is 28.5 Å². The summed E-state index contributed by atoms with van der Waals surface area (Å²) in [4.78, 5) is 4.80. The molecule has 0 bridgehead atoms. The highest BCUT2D eigenvalue weighted by molar-refractivity contribution is 7.16. The molecule has 1 aliphatic carbocycles.